The summed E-state index contributed by atoms with van der Waals surface area (Å²) in [5, 5.41) is 3.10. The lowest BCUT2D eigenvalue weighted by Crippen LogP contribution is -2.11. The van der Waals surface area contributed by atoms with Crippen LogP contribution in [0.4, 0.5) is 11.6 Å². The molecule has 1 aromatic heterocycles. The van der Waals surface area contributed by atoms with Crippen LogP contribution in [-0.4, -0.2) is 30.2 Å². The van der Waals surface area contributed by atoms with Crippen LogP contribution in [0.2, 0.25) is 0 Å². The van der Waals surface area contributed by atoms with Crippen molar-refractivity contribution in [3.05, 3.63) is 36.5 Å². The number of hydrogen-bond acceptors (Lipinski definition) is 5. The third-order valence-electron chi connectivity index (χ3n) is 2.47. The van der Waals surface area contributed by atoms with Crippen molar-refractivity contribution >= 4 is 11.6 Å². The van der Waals surface area contributed by atoms with Crippen LogP contribution in [0.3, 0.4) is 0 Å². The van der Waals surface area contributed by atoms with Gasteiger partial charge in [-0.3, -0.25) is 0 Å². The topological polar surface area (TPSA) is 73.1 Å². The van der Waals surface area contributed by atoms with Gasteiger partial charge >= 0.3 is 0 Å². The Morgan fingerprint density at radius 2 is 2.06 bits per heavy atom. The second-order valence-electron chi connectivity index (χ2n) is 3.77. The van der Waals surface area contributed by atoms with Crippen molar-refractivity contribution in [1.29, 1.82) is 0 Å². The lowest BCUT2D eigenvalue weighted by atomic mass is 10.2. The van der Waals surface area contributed by atoms with Crippen molar-refractivity contribution < 1.29 is 4.74 Å². The molecule has 0 atom stereocenters. The third kappa shape index (κ3) is 2.95. The molecule has 0 bridgehead atoms. The Labute approximate surface area is 106 Å². The molecule has 0 spiro atoms. The van der Waals surface area contributed by atoms with Crippen LogP contribution in [0.5, 0.6) is 0 Å². The van der Waals surface area contributed by atoms with Gasteiger partial charge in [-0.15, -0.1) is 0 Å². The van der Waals surface area contributed by atoms with Gasteiger partial charge in [0.15, 0.2) is 11.6 Å². The number of ether oxygens (including phenoxy) is 1. The van der Waals surface area contributed by atoms with Crippen molar-refractivity contribution in [2.75, 3.05) is 31.3 Å². The monoisotopic (exact) mass is 244 g/mol. The zero-order chi connectivity index (χ0) is 12.8. The molecule has 0 aliphatic heterocycles. The van der Waals surface area contributed by atoms with E-state index in [4.69, 9.17) is 10.5 Å². The van der Waals surface area contributed by atoms with Crippen LogP contribution in [0.25, 0.3) is 11.3 Å². The molecule has 0 unspecified atom stereocenters. The van der Waals surface area contributed by atoms with Crippen LogP contribution in [0, 0.1) is 0 Å². The van der Waals surface area contributed by atoms with Crippen molar-refractivity contribution in [2.45, 2.75) is 0 Å². The summed E-state index contributed by atoms with van der Waals surface area (Å²) >= 11 is 0. The van der Waals surface area contributed by atoms with E-state index in [9.17, 15) is 0 Å². The van der Waals surface area contributed by atoms with Crippen LogP contribution < -0.4 is 11.1 Å². The Hall–Kier alpha value is -2.14. The smallest absolute Gasteiger partial charge is 0.169 e. The summed E-state index contributed by atoms with van der Waals surface area (Å²) in [5.74, 6) is 0.985. The number of nitrogen functional groups attached to an aromatic ring is 1. The second kappa shape index (κ2) is 5.97. The predicted octanol–water partition coefficient (Wildman–Crippen LogP) is 1.78. The number of aromatic nitrogens is 2. The summed E-state index contributed by atoms with van der Waals surface area (Å²) in [6.45, 7) is 1.24. The van der Waals surface area contributed by atoms with Gasteiger partial charge in [0, 0.05) is 19.2 Å². The molecule has 1 heterocycles. The number of nitrogens with two attached hydrogens (primary N) is 1. The van der Waals surface area contributed by atoms with Gasteiger partial charge in [-0.05, 0) is 0 Å². The predicted molar refractivity (Wildman–Crippen MR) is 72.2 cm³/mol. The van der Waals surface area contributed by atoms with E-state index < -0.39 is 0 Å². The second-order valence-corrected chi connectivity index (χ2v) is 3.77. The largest absolute Gasteiger partial charge is 0.383 e. The van der Waals surface area contributed by atoms with E-state index in [2.05, 4.69) is 15.3 Å². The molecule has 0 radical (unpaired) electrons. The molecule has 0 fully saturated rings. The number of hydrogen-bond donors (Lipinski definition) is 2. The first-order valence-corrected chi connectivity index (χ1v) is 5.72. The van der Waals surface area contributed by atoms with Gasteiger partial charge in [0.1, 0.15) is 0 Å². The molecule has 0 aliphatic rings. The van der Waals surface area contributed by atoms with Crippen LogP contribution in [-0.2, 0) is 4.74 Å². The normalized spacial score (nSPS) is 10.3. The third-order valence-corrected chi connectivity index (χ3v) is 2.47. The minimum atomic E-state index is 0.394. The van der Waals surface area contributed by atoms with Crippen molar-refractivity contribution in [3.8, 4) is 11.3 Å². The quantitative estimate of drug-likeness (QED) is 0.784. The van der Waals surface area contributed by atoms with Crippen LogP contribution in [0.1, 0.15) is 0 Å². The van der Waals surface area contributed by atoms with Gasteiger partial charge in [0.05, 0.1) is 18.5 Å². The Bertz CT molecular complexity index is 502. The van der Waals surface area contributed by atoms with E-state index in [0.29, 0.717) is 24.8 Å². The van der Waals surface area contributed by atoms with E-state index in [-0.39, 0.29) is 0 Å². The first-order chi connectivity index (χ1) is 8.81. The van der Waals surface area contributed by atoms with Crippen molar-refractivity contribution in [3.63, 3.8) is 0 Å². The summed E-state index contributed by atoms with van der Waals surface area (Å²) in [6.07, 6.45) is 1.67. The molecular weight excluding hydrogens is 228 g/mol. The standard InChI is InChI=1S/C13H16N4O/c1-18-8-7-15-13-12(14)16-9-11(17-13)10-5-3-2-4-6-10/h2-6,9H,7-8H2,1H3,(H2,14,16)(H,15,17). The van der Waals surface area contributed by atoms with Gasteiger partial charge in [0.2, 0.25) is 0 Å². The van der Waals surface area contributed by atoms with E-state index in [1.54, 1.807) is 13.3 Å². The maximum Gasteiger partial charge on any atom is 0.169 e. The van der Waals surface area contributed by atoms with E-state index in [1.165, 1.54) is 0 Å². The number of benzene rings is 1. The zero-order valence-electron chi connectivity index (χ0n) is 10.3. The summed E-state index contributed by atoms with van der Waals surface area (Å²) in [6, 6.07) is 9.86. The molecule has 18 heavy (non-hydrogen) atoms. The fraction of sp³-hybridized carbons (Fsp3) is 0.231. The highest BCUT2D eigenvalue weighted by molar-refractivity contribution is 5.65. The maximum absolute atomic E-state index is 5.77. The lowest BCUT2D eigenvalue weighted by Gasteiger charge is -2.09. The van der Waals surface area contributed by atoms with Crippen molar-refractivity contribution in [2.24, 2.45) is 0 Å². The number of nitrogens with one attached hydrogen (secondary N) is 1. The fourth-order valence-electron chi connectivity index (χ4n) is 1.55. The molecule has 0 aliphatic carbocycles. The number of methoxy groups -OCH3 is 1. The van der Waals surface area contributed by atoms with Gasteiger partial charge in [-0.1, -0.05) is 30.3 Å². The van der Waals surface area contributed by atoms with E-state index in [0.717, 1.165) is 11.3 Å². The van der Waals surface area contributed by atoms with Crippen LogP contribution >= 0.6 is 0 Å². The summed E-state index contributed by atoms with van der Waals surface area (Å²) in [4.78, 5) is 8.61. The lowest BCUT2D eigenvalue weighted by molar-refractivity contribution is 0.210. The molecule has 0 saturated carbocycles. The summed E-state index contributed by atoms with van der Waals surface area (Å²) in [7, 11) is 1.65. The highest BCUT2D eigenvalue weighted by atomic mass is 16.5. The van der Waals surface area contributed by atoms with E-state index >= 15 is 0 Å². The van der Waals surface area contributed by atoms with Crippen molar-refractivity contribution in [1.82, 2.24) is 9.97 Å². The molecule has 5 nitrogen and oxygen atoms in total. The van der Waals surface area contributed by atoms with Gasteiger partial charge < -0.3 is 15.8 Å². The first-order valence-electron chi connectivity index (χ1n) is 5.72. The Kier molecular flexibility index (Phi) is 4.09. The molecule has 3 N–H and O–H groups in total. The molecule has 0 amide bonds. The highest BCUT2D eigenvalue weighted by Gasteiger charge is 2.05. The Balaban J connectivity index is 2.21. The molecule has 2 aromatic rings. The molecule has 94 valence electrons. The average Bonchev–Trinajstić information content (AvgIpc) is 2.42. The minimum Gasteiger partial charge on any atom is -0.383 e. The first kappa shape index (κ1) is 12.3. The summed E-state index contributed by atoms with van der Waals surface area (Å²) in [5.41, 5.74) is 7.58. The number of rotatable bonds is 5. The number of anilines is 2. The molecule has 5 heteroatoms. The van der Waals surface area contributed by atoms with Gasteiger partial charge in [0.25, 0.3) is 0 Å². The highest BCUT2D eigenvalue weighted by Crippen LogP contribution is 2.20. The maximum atomic E-state index is 5.77. The SMILES string of the molecule is COCCNc1nc(-c2ccccc2)cnc1N. The van der Waals surface area contributed by atoms with Gasteiger partial charge in [-0.25, -0.2) is 9.97 Å². The average molecular weight is 244 g/mol. The molecule has 1 aromatic carbocycles. The van der Waals surface area contributed by atoms with E-state index in [1.807, 2.05) is 30.3 Å². The molecule has 2 rings (SSSR count). The Morgan fingerprint density at radius 3 is 2.78 bits per heavy atom. The minimum absolute atomic E-state index is 0.394. The summed E-state index contributed by atoms with van der Waals surface area (Å²) < 4.78 is 4.97. The molecule has 0 saturated heterocycles. The zero-order valence-corrected chi connectivity index (χ0v) is 10.3. The molecular formula is C13H16N4O. The number of nitrogens with zero attached hydrogens (tertiary/aromatic N) is 2. The van der Waals surface area contributed by atoms with Gasteiger partial charge in [-0.2, -0.15) is 0 Å². The Morgan fingerprint density at radius 1 is 1.28 bits per heavy atom. The van der Waals surface area contributed by atoms with Crippen LogP contribution in [0.15, 0.2) is 36.5 Å². The fourth-order valence-corrected chi connectivity index (χ4v) is 1.55.